The first-order valence-electron chi connectivity index (χ1n) is 18.8. The first kappa shape index (κ1) is 39.1. The van der Waals surface area contributed by atoms with Gasteiger partial charge < -0.3 is 30.9 Å². The number of nitrogen functional groups attached to an aromatic ring is 2. The maximum absolute atomic E-state index is 10.8. The molecule has 3 heterocycles. The van der Waals surface area contributed by atoms with Crippen molar-refractivity contribution in [2.45, 2.75) is 27.3 Å². The molecule has 6 N–H and O–H groups in total. The molecule has 0 radical (unpaired) electrons. The Morgan fingerprint density at radius 1 is 0.559 bits per heavy atom. The number of nitriles is 2. The minimum absolute atomic E-state index is 0.0602. The van der Waals surface area contributed by atoms with Crippen molar-refractivity contribution in [3.8, 4) is 29.2 Å². The summed E-state index contributed by atoms with van der Waals surface area (Å²) >= 11 is 0. The van der Waals surface area contributed by atoms with E-state index in [0.29, 0.717) is 17.7 Å². The van der Waals surface area contributed by atoms with E-state index in [1.165, 1.54) is 23.3 Å². The topological polar surface area (TPSA) is 184 Å². The number of non-ortho nitro benzene ring substituents is 1. The molecule has 0 saturated carbocycles. The number of nitrogens with zero attached hydrogens (tertiary/aromatic N) is 6. The second-order valence-electron chi connectivity index (χ2n) is 14.1. The average molecular weight is 776 g/mol. The summed E-state index contributed by atoms with van der Waals surface area (Å²) in [6.07, 6.45) is 5.86. The van der Waals surface area contributed by atoms with Gasteiger partial charge in [-0.3, -0.25) is 10.1 Å². The Hall–Kier alpha value is -8.12. The van der Waals surface area contributed by atoms with E-state index in [0.717, 1.165) is 72.3 Å². The molecule has 0 atom stereocenters. The van der Waals surface area contributed by atoms with Gasteiger partial charge in [0.1, 0.15) is 12.1 Å². The molecule has 0 aliphatic heterocycles. The van der Waals surface area contributed by atoms with Crippen LogP contribution in [0.2, 0.25) is 0 Å². The van der Waals surface area contributed by atoms with Crippen molar-refractivity contribution >= 4 is 49.8 Å². The molecule has 0 unspecified atom stereocenters. The SMILES string of the molecule is Cc1cccc(-n2ccc3cc(N)ccc32)c1C#N.Cc1cccc(-n2ccc3cc(N)ccc32)c1CN.Cc1cccc(-n2ccc3cc([N+](=O)[O-])ccc32)c1C#N. The third-order valence-electron chi connectivity index (χ3n) is 10.4. The lowest BCUT2D eigenvalue weighted by molar-refractivity contribution is -0.384. The van der Waals surface area contributed by atoms with Gasteiger partial charge in [-0.25, -0.2) is 0 Å². The van der Waals surface area contributed by atoms with Gasteiger partial charge >= 0.3 is 0 Å². The minimum atomic E-state index is -0.413. The summed E-state index contributed by atoms with van der Waals surface area (Å²) in [6, 6.07) is 44.7. The number of fused-ring (bicyclic) bond motifs is 3. The summed E-state index contributed by atoms with van der Waals surface area (Å²) in [5, 5.41) is 32.5. The number of anilines is 2. The molecule has 3 aromatic heterocycles. The average Bonchev–Trinajstić information content (AvgIpc) is 3.97. The number of benzene rings is 6. The fourth-order valence-corrected chi connectivity index (χ4v) is 7.37. The van der Waals surface area contributed by atoms with E-state index >= 15 is 0 Å². The lowest BCUT2D eigenvalue weighted by atomic mass is 10.1. The summed E-state index contributed by atoms with van der Waals surface area (Å²) in [5.41, 5.74) is 30.6. The van der Waals surface area contributed by atoms with Gasteiger partial charge in [0.25, 0.3) is 5.69 Å². The summed E-state index contributed by atoms with van der Waals surface area (Å²) in [6.45, 7) is 6.47. The highest BCUT2D eigenvalue weighted by Crippen LogP contribution is 2.29. The molecule has 6 aromatic carbocycles. The van der Waals surface area contributed by atoms with E-state index in [4.69, 9.17) is 17.2 Å². The van der Waals surface area contributed by atoms with Crippen molar-refractivity contribution in [2.24, 2.45) is 5.73 Å². The van der Waals surface area contributed by atoms with E-state index in [9.17, 15) is 20.6 Å². The summed E-state index contributed by atoms with van der Waals surface area (Å²) < 4.78 is 6.08. The maximum Gasteiger partial charge on any atom is 0.270 e. The van der Waals surface area contributed by atoms with Gasteiger partial charge in [-0.05, 0) is 122 Å². The van der Waals surface area contributed by atoms with Crippen LogP contribution in [-0.2, 0) is 6.54 Å². The van der Waals surface area contributed by atoms with Crippen molar-refractivity contribution in [3.05, 3.63) is 189 Å². The molecule has 9 rings (SSSR count). The second kappa shape index (κ2) is 16.5. The van der Waals surface area contributed by atoms with E-state index in [1.807, 2.05) is 120 Å². The predicted octanol–water partition coefficient (Wildman–Crippen LogP) is 10.1. The van der Waals surface area contributed by atoms with Crippen LogP contribution in [0.4, 0.5) is 17.1 Å². The molecule has 11 nitrogen and oxygen atoms in total. The van der Waals surface area contributed by atoms with Crippen LogP contribution in [0.25, 0.3) is 49.8 Å². The van der Waals surface area contributed by atoms with Gasteiger partial charge in [0.05, 0.1) is 49.7 Å². The van der Waals surface area contributed by atoms with Gasteiger partial charge in [-0.1, -0.05) is 36.4 Å². The van der Waals surface area contributed by atoms with Crippen molar-refractivity contribution in [1.82, 2.24) is 13.7 Å². The van der Waals surface area contributed by atoms with E-state index < -0.39 is 4.92 Å². The molecule has 0 fully saturated rings. The lowest BCUT2D eigenvalue weighted by Crippen LogP contribution is -2.05. The van der Waals surface area contributed by atoms with Crippen molar-refractivity contribution in [1.29, 1.82) is 10.5 Å². The van der Waals surface area contributed by atoms with Crippen LogP contribution >= 0.6 is 0 Å². The molecule has 0 saturated heterocycles. The molecule has 0 aliphatic rings. The minimum Gasteiger partial charge on any atom is -0.399 e. The Bertz CT molecular complexity index is 3120. The zero-order chi connectivity index (χ0) is 41.8. The first-order valence-corrected chi connectivity index (χ1v) is 18.8. The van der Waals surface area contributed by atoms with Gasteiger partial charge in [0.2, 0.25) is 0 Å². The monoisotopic (exact) mass is 775 g/mol. The van der Waals surface area contributed by atoms with Crippen LogP contribution in [0.15, 0.2) is 146 Å². The molecule has 0 amide bonds. The number of aromatic nitrogens is 3. The Labute approximate surface area is 341 Å². The first-order chi connectivity index (χ1) is 28.5. The summed E-state index contributed by atoms with van der Waals surface area (Å²) in [7, 11) is 0. The summed E-state index contributed by atoms with van der Waals surface area (Å²) in [4.78, 5) is 10.4. The smallest absolute Gasteiger partial charge is 0.270 e. The van der Waals surface area contributed by atoms with E-state index in [-0.39, 0.29) is 5.69 Å². The van der Waals surface area contributed by atoms with Crippen LogP contribution in [0, 0.1) is 53.5 Å². The third kappa shape index (κ3) is 7.70. The quantitative estimate of drug-likeness (QED) is 0.0882. The predicted molar refractivity (Wildman–Crippen MR) is 237 cm³/mol. The number of nitrogens with two attached hydrogens (primary N) is 3. The van der Waals surface area contributed by atoms with Gasteiger partial charge in [0, 0.05) is 64.8 Å². The number of nitro benzene ring substituents is 1. The van der Waals surface area contributed by atoms with Gasteiger partial charge in [0.15, 0.2) is 0 Å². The zero-order valence-electron chi connectivity index (χ0n) is 32.8. The maximum atomic E-state index is 10.8. The molecular weight excluding hydrogens is 735 g/mol. The van der Waals surface area contributed by atoms with Crippen molar-refractivity contribution in [3.63, 3.8) is 0 Å². The number of hydrogen-bond donors (Lipinski definition) is 3. The van der Waals surface area contributed by atoms with Crippen LogP contribution < -0.4 is 17.2 Å². The normalized spacial score (nSPS) is 10.7. The highest BCUT2D eigenvalue weighted by Gasteiger charge is 2.14. The number of aryl methyl sites for hydroxylation is 3. The Morgan fingerprint density at radius 3 is 1.41 bits per heavy atom. The zero-order valence-corrected chi connectivity index (χ0v) is 32.8. The fourth-order valence-electron chi connectivity index (χ4n) is 7.37. The van der Waals surface area contributed by atoms with Crippen molar-refractivity contribution in [2.75, 3.05) is 11.5 Å². The number of rotatable bonds is 5. The van der Waals surface area contributed by atoms with Crippen LogP contribution in [-0.4, -0.2) is 18.6 Å². The molecule has 290 valence electrons. The molecular formula is C48H41N9O2. The molecule has 59 heavy (non-hydrogen) atoms. The summed E-state index contributed by atoms with van der Waals surface area (Å²) in [5.74, 6) is 0. The lowest BCUT2D eigenvalue weighted by Gasteiger charge is -2.13. The molecule has 11 heteroatoms. The highest BCUT2D eigenvalue weighted by atomic mass is 16.6. The second-order valence-corrected chi connectivity index (χ2v) is 14.1. The van der Waals surface area contributed by atoms with Gasteiger partial charge in [-0.15, -0.1) is 0 Å². The fraction of sp³-hybridized carbons (Fsp3) is 0.0833. The Kier molecular flexibility index (Phi) is 11.0. The molecule has 0 bridgehead atoms. The van der Waals surface area contributed by atoms with E-state index in [1.54, 1.807) is 6.07 Å². The van der Waals surface area contributed by atoms with Crippen LogP contribution in [0.3, 0.4) is 0 Å². The molecule has 0 spiro atoms. The third-order valence-corrected chi connectivity index (χ3v) is 10.4. The molecule has 9 aromatic rings. The largest absolute Gasteiger partial charge is 0.399 e. The van der Waals surface area contributed by atoms with E-state index in [2.05, 4.69) is 54.1 Å². The Balaban J connectivity index is 0.000000134. The molecule has 0 aliphatic carbocycles. The van der Waals surface area contributed by atoms with Crippen LogP contribution in [0.1, 0.15) is 33.4 Å². The Morgan fingerprint density at radius 2 is 0.966 bits per heavy atom. The standard InChI is InChI=1S/C16H11N3O2.C16H17N3.C16H13N3/c1-11-3-2-4-16(14(11)10-17)18-8-7-12-9-13(19(20)21)5-6-15(12)18;2*1-11-3-2-4-16(14(11)10-17)19-8-7-12-9-13(18)5-6-15(12)19/h2-9H,1H3;2-9H,10,17-18H2,1H3;2-9H,18H2,1H3. The number of nitro groups is 1. The van der Waals surface area contributed by atoms with Crippen molar-refractivity contribution < 1.29 is 4.92 Å². The number of hydrogen-bond acceptors (Lipinski definition) is 7. The van der Waals surface area contributed by atoms with Crippen LogP contribution in [0.5, 0.6) is 0 Å². The highest BCUT2D eigenvalue weighted by molar-refractivity contribution is 5.87. The van der Waals surface area contributed by atoms with Gasteiger partial charge in [-0.2, -0.15) is 10.5 Å².